The Morgan fingerprint density at radius 1 is 1.22 bits per heavy atom. The molecule has 1 aromatic carbocycles. The van der Waals surface area contributed by atoms with Crippen molar-refractivity contribution in [1.29, 1.82) is 0 Å². The first-order valence-corrected chi connectivity index (χ1v) is 12.1. The van der Waals surface area contributed by atoms with Gasteiger partial charge in [0.1, 0.15) is 5.15 Å². The van der Waals surface area contributed by atoms with E-state index in [1.807, 2.05) is 24.8 Å². The molecule has 2 N–H and O–H groups in total. The van der Waals surface area contributed by atoms with Crippen molar-refractivity contribution in [3.8, 4) is 0 Å². The van der Waals surface area contributed by atoms with Crippen molar-refractivity contribution in [1.82, 2.24) is 14.5 Å². The van der Waals surface area contributed by atoms with Gasteiger partial charge in [-0.2, -0.15) is 0 Å². The summed E-state index contributed by atoms with van der Waals surface area (Å²) in [5.41, 5.74) is 1.89. The molecule has 1 saturated carbocycles. The van der Waals surface area contributed by atoms with E-state index < -0.39 is 17.9 Å². The molecule has 2 aromatic heterocycles. The van der Waals surface area contributed by atoms with Gasteiger partial charge in [-0.3, -0.25) is 9.36 Å². The molecule has 3 atom stereocenters. The van der Waals surface area contributed by atoms with Gasteiger partial charge in [-0.05, 0) is 49.4 Å². The fourth-order valence-corrected chi connectivity index (χ4v) is 5.74. The SMILES string of the molecule is Cc1cc([C@@H](C)Nc2ccc(Cl)nc2C(=O)O)c2nc(N3C[C@@H]4CC(F)(F)C[C@@H]4C3)n(C)c(=O)c2c1. The summed E-state index contributed by atoms with van der Waals surface area (Å²) in [4.78, 5) is 35.8. The molecule has 1 aliphatic carbocycles. The maximum atomic E-state index is 13.9. The van der Waals surface area contributed by atoms with E-state index in [-0.39, 0.29) is 46.8 Å². The van der Waals surface area contributed by atoms with Gasteiger partial charge in [0.15, 0.2) is 5.69 Å². The molecule has 11 heteroatoms. The number of hydrogen-bond acceptors (Lipinski definition) is 6. The van der Waals surface area contributed by atoms with Gasteiger partial charge >= 0.3 is 5.97 Å². The maximum Gasteiger partial charge on any atom is 0.356 e. The van der Waals surface area contributed by atoms with Crippen LogP contribution in [0.3, 0.4) is 0 Å². The molecular weight excluding hydrogens is 492 g/mol. The van der Waals surface area contributed by atoms with Crippen LogP contribution in [0.4, 0.5) is 20.4 Å². The molecule has 0 bridgehead atoms. The Balaban J connectivity index is 1.55. The normalized spacial score (nSPS) is 21.6. The fraction of sp³-hybridized carbons (Fsp3) is 0.440. The van der Waals surface area contributed by atoms with Crippen LogP contribution < -0.4 is 15.8 Å². The standard InChI is InChI=1S/C25H26ClF2N5O3/c1-12-6-16(13(2)29-18-4-5-19(26)30-21(18)23(35)36)20-17(7-12)22(34)32(3)24(31-20)33-10-14-8-25(27,28)9-15(14)11-33/h4-7,13-15,29H,8-11H2,1-3H3,(H,35,36)/t13-,14-,15+/m1/s1. The zero-order valence-electron chi connectivity index (χ0n) is 20.1. The average molecular weight is 518 g/mol. The quantitative estimate of drug-likeness (QED) is 0.475. The minimum absolute atomic E-state index is 0.0644. The van der Waals surface area contributed by atoms with Gasteiger partial charge < -0.3 is 15.3 Å². The second-order valence-electron chi connectivity index (χ2n) is 9.92. The molecule has 3 heterocycles. The van der Waals surface area contributed by atoms with Gasteiger partial charge in [0.25, 0.3) is 5.56 Å². The summed E-state index contributed by atoms with van der Waals surface area (Å²) in [6.07, 6.45) is -0.274. The van der Waals surface area contributed by atoms with Crippen molar-refractivity contribution in [3.05, 3.63) is 56.6 Å². The molecule has 3 aromatic rings. The number of nitrogens with one attached hydrogen (secondary N) is 1. The molecule has 8 nitrogen and oxygen atoms in total. The van der Waals surface area contributed by atoms with E-state index in [9.17, 15) is 23.5 Å². The highest BCUT2D eigenvalue weighted by atomic mass is 35.5. The zero-order chi connectivity index (χ0) is 25.9. The number of aromatic carboxylic acids is 1. The maximum absolute atomic E-state index is 13.9. The molecule has 36 heavy (non-hydrogen) atoms. The lowest BCUT2D eigenvalue weighted by Crippen LogP contribution is -2.32. The third kappa shape index (κ3) is 4.27. The Morgan fingerprint density at radius 2 is 1.89 bits per heavy atom. The minimum Gasteiger partial charge on any atom is -0.476 e. The van der Waals surface area contributed by atoms with Gasteiger partial charge in [0.05, 0.1) is 22.6 Å². The summed E-state index contributed by atoms with van der Waals surface area (Å²) in [7, 11) is 1.65. The van der Waals surface area contributed by atoms with Crippen LogP contribution in [0.5, 0.6) is 0 Å². The summed E-state index contributed by atoms with van der Waals surface area (Å²) in [6.45, 7) is 4.58. The van der Waals surface area contributed by atoms with Crippen LogP contribution >= 0.6 is 11.6 Å². The second kappa shape index (κ2) is 8.69. The number of carboxylic acid groups (broad SMARTS) is 1. The highest BCUT2D eigenvalue weighted by molar-refractivity contribution is 6.29. The number of nitrogens with zero attached hydrogens (tertiary/aromatic N) is 4. The molecule has 2 fully saturated rings. The number of fused-ring (bicyclic) bond motifs is 2. The summed E-state index contributed by atoms with van der Waals surface area (Å²) < 4.78 is 29.2. The second-order valence-corrected chi connectivity index (χ2v) is 10.3. The van der Waals surface area contributed by atoms with Gasteiger partial charge in [0, 0.05) is 38.5 Å². The Bertz CT molecular complexity index is 1430. The summed E-state index contributed by atoms with van der Waals surface area (Å²) in [5, 5.41) is 13.2. The first-order chi connectivity index (χ1) is 16.9. The molecule has 1 saturated heterocycles. The number of rotatable bonds is 5. The molecule has 0 radical (unpaired) electrons. The number of halogens is 3. The molecule has 0 amide bonds. The number of hydrogen-bond donors (Lipinski definition) is 2. The molecule has 0 unspecified atom stereocenters. The summed E-state index contributed by atoms with van der Waals surface area (Å²) >= 11 is 5.88. The Morgan fingerprint density at radius 3 is 2.53 bits per heavy atom. The largest absolute Gasteiger partial charge is 0.476 e. The number of pyridine rings is 1. The fourth-order valence-electron chi connectivity index (χ4n) is 5.59. The van der Waals surface area contributed by atoms with Crippen LogP contribution in [0, 0.1) is 18.8 Å². The lowest BCUT2D eigenvalue weighted by molar-refractivity contribution is 0.00169. The van der Waals surface area contributed by atoms with E-state index >= 15 is 0 Å². The topological polar surface area (TPSA) is 100 Å². The average Bonchev–Trinajstić information content (AvgIpc) is 3.30. The summed E-state index contributed by atoms with van der Waals surface area (Å²) in [5.74, 6) is -3.65. The highest BCUT2D eigenvalue weighted by Gasteiger charge is 2.50. The first-order valence-electron chi connectivity index (χ1n) is 11.7. The van der Waals surface area contributed by atoms with Crippen molar-refractivity contribution in [2.75, 3.05) is 23.3 Å². The number of aromatic nitrogens is 3. The van der Waals surface area contributed by atoms with E-state index in [4.69, 9.17) is 16.6 Å². The van der Waals surface area contributed by atoms with Gasteiger partial charge in [-0.15, -0.1) is 0 Å². The number of benzene rings is 1. The molecular formula is C25H26ClF2N5O3. The van der Waals surface area contributed by atoms with E-state index in [0.29, 0.717) is 35.5 Å². The Labute approximate surface area is 210 Å². The molecule has 5 rings (SSSR count). The summed E-state index contributed by atoms with van der Waals surface area (Å²) in [6, 6.07) is 6.29. The third-order valence-electron chi connectivity index (χ3n) is 7.21. The van der Waals surface area contributed by atoms with Gasteiger partial charge in [-0.25, -0.2) is 23.5 Å². The smallest absolute Gasteiger partial charge is 0.356 e. The van der Waals surface area contributed by atoms with Crippen molar-refractivity contribution in [2.24, 2.45) is 18.9 Å². The number of alkyl halides is 2. The molecule has 2 aliphatic rings. The lowest BCUT2D eigenvalue weighted by Gasteiger charge is -2.24. The van der Waals surface area contributed by atoms with E-state index in [1.165, 1.54) is 10.6 Å². The van der Waals surface area contributed by atoms with Crippen molar-refractivity contribution < 1.29 is 18.7 Å². The van der Waals surface area contributed by atoms with Crippen LogP contribution in [-0.4, -0.2) is 44.6 Å². The monoisotopic (exact) mass is 517 g/mol. The highest BCUT2D eigenvalue weighted by Crippen LogP contribution is 2.47. The Hall–Kier alpha value is -3.27. The number of anilines is 2. The first kappa shape index (κ1) is 24.4. The zero-order valence-corrected chi connectivity index (χ0v) is 20.8. The number of carboxylic acids is 1. The van der Waals surface area contributed by atoms with Gasteiger partial charge in [-0.1, -0.05) is 17.7 Å². The van der Waals surface area contributed by atoms with Crippen LogP contribution in [0.15, 0.2) is 29.1 Å². The molecule has 190 valence electrons. The van der Waals surface area contributed by atoms with Crippen LogP contribution in [0.1, 0.15) is 47.4 Å². The third-order valence-corrected chi connectivity index (χ3v) is 7.42. The predicted molar refractivity (Wildman–Crippen MR) is 133 cm³/mol. The Kier molecular flexibility index (Phi) is 5.89. The van der Waals surface area contributed by atoms with Crippen molar-refractivity contribution >= 4 is 40.1 Å². The van der Waals surface area contributed by atoms with Crippen LogP contribution in [-0.2, 0) is 7.05 Å². The van der Waals surface area contributed by atoms with E-state index in [1.54, 1.807) is 19.2 Å². The number of aryl methyl sites for hydroxylation is 1. The molecule has 1 aliphatic heterocycles. The lowest BCUT2D eigenvalue weighted by atomic mass is 10.0. The van der Waals surface area contributed by atoms with Crippen molar-refractivity contribution in [2.45, 2.75) is 38.7 Å². The minimum atomic E-state index is -2.62. The number of carbonyl (C=O) groups is 1. The van der Waals surface area contributed by atoms with E-state index in [0.717, 1.165) is 5.56 Å². The van der Waals surface area contributed by atoms with Crippen LogP contribution in [0.2, 0.25) is 5.15 Å². The molecule has 0 spiro atoms. The van der Waals surface area contributed by atoms with E-state index in [2.05, 4.69) is 10.3 Å². The van der Waals surface area contributed by atoms with Crippen molar-refractivity contribution in [3.63, 3.8) is 0 Å². The van der Waals surface area contributed by atoms with Gasteiger partial charge in [0.2, 0.25) is 11.9 Å². The van der Waals surface area contributed by atoms with Crippen LogP contribution in [0.25, 0.3) is 10.9 Å². The predicted octanol–water partition coefficient (Wildman–Crippen LogP) is 4.64.